The summed E-state index contributed by atoms with van der Waals surface area (Å²) in [4.78, 5) is 0. The molecule has 1 fully saturated rings. The molecule has 0 aromatic carbocycles. The van der Waals surface area contributed by atoms with E-state index in [2.05, 4.69) is 6.07 Å². The third-order valence-electron chi connectivity index (χ3n) is 1.88. The van der Waals surface area contributed by atoms with Crippen molar-refractivity contribution >= 4 is 0 Å². The molecule has 0 N–H and O–H groups in total. The average Bonchev–Trinajstić information content (AvgIpc) is 2.36. The standard InChI is InChI=1S/C7H11NO/c1-2-7(6-8)4-3-5-9-7/h2-5H2,1H3. The summed E-state index contributed by atoms with van der Waals surface area (Å²) in [5, 5.41) is 8.64. The van der Waals surface area contributed by atoms with Crippen molar-refractivity contribution in [3.05, 3.63) is 0 Å². The van der Waals surface area contributed by atoms with Gasteiger partial charge in [0, 0.05) is 6.61 Å². The molecule has 0 bridgehead atoms. The van der Waals surface area contributed by atoms with Crippen LogP contribution in [-0.4, -0.2) is 12.2 Å². The van der Waals surface area contributed by atoms with E-state index in [1.54, 1.807) is 0 Å². The third-order valence-corrected chi connectivity index (χ3v) is 1.88. The summed E-state index contributed by atoms with van der Waals surface area (Å²) in [5.74, 6) is 0. The van der Waals surface area contributed by atoms with Gasteiger partial charge in [0.1, 0.15) is 0 Å². The predicted molar refractivity (Wildman–Crippen MR) is 33.8 cm³/mol. The summed E-state index contributed by atoms with van der Waals surface area (Å²) in [5.41, 5.74) is -0.417. The maximum atomic E-state index is 8.64. The first-order chi connectivity index (χ1) is 4.33. The number of ether oxygens (including phenoxy) is 1. The summed E-state index contributed by atoms with van der Waals surface area (Å²) in [6.45, 7) is 2.76. The zero-order valence-corrected chi connectivity index (χ0v) is 5.68. The van der Waals surface area contributed by atoms with E-state index in [-0.39, 0.29) is 0 Å². The second-order valence-electron chi connectivity index (χ2n) is 2.41. The minimum Gasteiger partial charge on any atom is -0.360 e. The summed E-state index contributed by atoms with van der Waals surface area (Å²) >= 11 is 0. The molecule has 1 aliphatic rings. The van der Waals surface area contributed by atoms with Gasteiger partial charge in [-0.2, -0.15) is 5.26 Å². The zero-order chi connectivity index (χ0) is 6.74. The SMILES string of the molecule is CCC1(C#N)CCCO1. The minimum atomic E-state index is -0.417. The van der Waals surface area contributed by atoms with Crippen LogP contribution in [0.4, 0.5) is 0 Å². The first kappa shape index (κ1) is 6.57. The molecule has 1 saturated heterocycles. The highest BCUT2D eigenvalue weighted by molar-refractivity contribution is 5.03. The fourth-order valence-electron chi connectivity index (χ4n) is 1.14. The normalized spacial score (nSPS) is 34.2. The van der Waals surface area contributed by atoms with Crippen molar-refractivity contribution in [2.24, 2.45) is 0 Å². The Balaban J connectivity index is 2.59. The number of nitriles is 1. The fraction of sp³-hybridized carbons (Fsp3) is 0.857. The average molecular weight is 125 g/mol. The molecule has 0 aromatic heterocycles. The molecule has 1 aliphatic heterocycles. The number of nitrogens with zero attached hydrogens (tertiary/aromatic N) is 1. The van der Waals surface area contributed by atoms with Crippen LogP contribution >= 0.6 is 0 Å². The molecule has 0 aromatic rings. The van der Waals surface area contributed by atoms with E-state index in [1.165, 1.54) is 0 Å². The van der Waals surface area contributed by atoms with E-state index in [9.17, 15) is 0 Å². The lowest BCUT2D eigenvalue weighted by molar-refractivity contribution is 0.0488. The molecule has 2 nitrogen and oxygen atoms in total. The van der Waals surface area contributed by atoms with Gasteiger partial charge in [-0.3, -0.25) is 0 Å². The van der Waals surface area contributed by atoms with Gasteiger partial charge in [-0.25, -0.2) is 0 Å². The minimum absolute atomic E-state index is 0.417. The predicted octanol–water partition coefficient (Wildman–Crippen LogP) is 1.47. The molecule has 1 heterocycles. The van der Waals surface area contributed by atoms with E-state index >= 15 is 0 Å². The Labute approximate surface area is 55.4 Å². The van der Waals surface area contributed by atoms with Crippen LogP contribution in [0.1, 0.15) is 26.2 Å². The Morgan fingerprint density at radius 1 is 1.78 bits per heavy atom. The van der Waals surface area contributed by atoms with Crippen LogP contribution in [0, 0.1) is 11.3 Å². The Morgan fingerprint density at radius 2 is 2.56 bits per heavy atom. The van der Waals surface area contributed by atoms with Crippen molar-refractivity contribution in [2.75, 3.05) is 6.61 Å². The lowest BCUT2D eigenvalue weighted by Gasteiger charge is -2.15. The molecule has 50 valence electrons. The molecule has 1 atom stereocenters. The van der Waals surface area contributed by atoms with Crippen LogP contribution < -0.4 is 0 Å². The number of rotatable bonds is 1. The van der Waals surface area contributed by atoms with Crippen molar-refractivity contribution in [1.29, 1.82) is 5.26 Å². The molecule has 0 spiro atoms. The number of hydrogen-bond acceptors (Lipinski definition) is 2. The Morgan fingerprint density at radius 3 is 2.78 bits per heavy atom. The van der Waals surface area contributed by atoms with Crippen LogP contribution in [0.3, 0.4) is 0 Å². The topological polar surface area (TPSA) is 33.0 Å². The van der Waals surface area contributed by atoms with Gasteiger partial charge in [-0.1, -0.05) is 6.92 Å². The molecule has 0 radical (unpaired) electrons. The van der Waals surface area contributed by atoms with Gasteiger partial charge in [-0.15, -0.1) is 0 Å². The van der Waals surface area contributed by atoms with Crippen LogP contribution in [0.25, 0.3) is 0 Å². The summed E-state index contributed by atoms with van der Waals surface area (Å²) < 4.78 is 5.28. The molecular formula is C7H11NO. The summed E-state index contributed by atoms with van der Waals surface area (Å²) in [6, 6.07) is 2.20. The first-order valence-corrected chi connectivity index (χ1v) is 3.38. The number of hydrogen-bond donors (Lipinski definition) is 0. The molecule has 9 heavy (non-hydrogen) atoms. The van der Waals surface area contributed by atoms with E-state index in [1.807, 2.05) is 6.92 Å². The highest BCUT2D eigenvalue weighted by Crippen LogP contribution is 2.27. The van der Waals surface area contributed by atoms with Crippen molar-refractivity contribution in [3.63, 3.8) is 0 Å². The van der Waals surface area contributed by atoms with Crippen LogP contribution in [-0.2, 0) is 4.74 Å². The smallest absolute Gasteiger partial charge is 0.154 e. The van der Waals surface area contributed by atoms with Crippen LogP contribution in [0.5, 0.6) is 0 Å². The molecule has 1 unspecified atom stereocenters. The maximum absolute atomic E-state index is 8.64. The quantitative estimate of drug-likeness (QED) is 0.531. The van der Waals surface area contributed by atoms with Crippen LogP contribution in [0.2, 0.25) is 0 Å². The lowest BCUT2D eigenvalue weighted by Crippen LogP contribution is -2.23. The van der Waals surface area contributed by atoms with Gasteiger partial charge < -0.3 is 4.74 Å². The Hall–Kier alpha value is -0.550. The van der Waals surface area contributed by atoms with Crippen molar-refractivity contribution < 1.29 is 4.74 Å². The Kier molecular flexibility index (Phi) is 1.73. The van der Waals surface area contributed by atoms with Crippen molar-refractivity contribution in [3.8, 4) is 6.07 Å². The van der Waals surface area contributed by atoms with E-state index in [0.717, 1.165) is 25.9 Å². The molecule has 0 saturated carbocycles. The van der Waals surface area contributed by atoms with Gasteiger partial charge in [-0.05, 0) is 19.3 Å². The fourth-order valence-corrected chi connectivity index (χ4v) is 1.14. The van der Waals surface area contributed by atoms with Gasteiger partial charge in [0.2, 0.25) is 0 Å². The highest BCUT2D eigenvalue weighted by Gasteiger charge is 2.32. The second-order valence-corrected chi connectivity index (χ2v) is 2.41. The molecule has 1 rings (SSSR count). The van der Waals surface area contributed by atoms with Gasteiger partial charge in [0.25, 0.3) is 0 Å². The largest absolute Gasteiger partial charge is 0.360 e. The summed E-state index contributed by atoms with van der Waals surface area (Å²) in [7, 11) is 0. The zero-order valence-electron chi connectivity index (χ0n) is 5.68. The molecule has 0 amide bonds. The van der Waals surface area contributed by atoms with E-state index in [4.69, 9.17) is 10.00 Å². The summed E-state index contributed by atoms with van der Waals surface area (Å²) in [6.07, 6.45) is 2.78. The molecule has 0 aliphatic carbocycles. The maximum Gasteiger partial charge on any atom is 0.154 e. The van der Waals surface area contributed by atoms with Gasteiger partial charge >= 0.3 is 0 Å². The first-order valence-electron chi connectivity index (χ1n) is 3.38. The monoisotopic (exact) mass is 125 g/mol. The van der Waals surface area contributed by atoms with Gasteiger partial charge in [0.05, 0.1) is 6.07 Å². The van der Waals surface area contributed by atoms with E-state index < -0.39 is 5.60 Å². The second kappa shape index (κ2) is 2.36. The van der Waals surface area contributed by atoms with Crippen LogP contribution in [0.15, 0.2) is 0 Å². The lowest BCUT2D eigenvalue weighted by atomic mass is 9.99. The molecule has 2 heteroatoms. The van der Waals surface area contributed by atoms with Crippen molar-refractivity contribution in [1.82, 2.24) is 0 Å². The van der Waals surface area contributed by atoms with Crippen molar-refractivity contribution in [2.45, 2.75) is 31.8 Å². The third kappa shape index (κ3) is 1.06. The van der Waals surface area contributed by atoms with Gasteiger partial charge in [0.15, 0.2) is 5.60 Å². The Bertz CT molecular complexity index is 130. The van der Waals surface area contributed by atoms with E-state index in [0.29, 0.717) is 0 Å². The highest BCUT2D eigenvalue weighted by atomic mass is 16.5. The molecular weight excluding hydrogens is 114 g/mol.